The first-order valence-corrected chi connectivity index (χ1v) is 12.1. The van der Waals surface area contributed by atoms with Crippen molar-refractivity contribution in [1.29, 1.82) is 0 Å². The Labute approximate surface area is 178 Å². The van der Waals surface area contributed by atoms with E-state index >= 15 is 0 Å². The lowest BCUT2D eigenvalue weighted by Gasteiger charge is -2.41. The third-order valence-corrected chi connectivity index (χ3v) is 8.30. The number of aryl methyl sites for hydroxylation is 1. The van der Waals surface area contributed by atoms with Crippen LogP contribution in [0.4, 0.5) is 0 Å². The molecule has 0 bridgehead atoms. The second-order valence-electron chi connectivity index (χ2n) is 8.31. The molecule has 0 amide bonds. The Hall–Kier alpha value is -1.97. The Kier molecular flexibility index (Phi) is 5.87. The molecule has 1 aromatic heterocycles. The van der Waals surface area contributed by atoms with Gasteiger partial charge < -0.3 is 14.1 Å². The molecule has 3 heterocycles. The van der Waals surface area contributed by atoms with Gasteiger partial charge >= 0.3 is 0 Å². The normalized spacial score (nSPS) is 22.6. The van der Waals surface area contributed by atoms with Crippen LogP contribution in [0.1, 0.15) is 44.4 Å². The molecule has 1 spiro atoms. The van der Waals surface area contributed by atoms with E-state index in [1.54, 1.807) is 28.6 Å². The highest BCUT2D eigenvalue weighted by atomic mass is 32.2. The number of likely N-dealkylation sites (N-methyl/N-ethyl adjacent to an activating group) is 1. The van der Waals surface area contributed by atoms with E-state index in [0.29, 0.717) is 42.1 Å². The maximum absolute atomic E-state index is 13.2. The molecule has 1 unspecified atom stereocenters. The molecule has 0 saturated carbocycles. The van der Waals surface area contributed by atoms with E-state index in [2.05, 4.69) is 22.1 Å². The first kappa shape index (κ1) is 21.3. The van der Waals surface area contributed by atoms with Gasteiger partial charge in [-0.3, -0.25) is 0 Å². The van der Waals surface area contributed by atoms with E-state index in [1.165, 1.54) is 0 Å². The lowest BCUT2D eigenvalue weighted by atomic mass is 9.71. The molecule has 0 radical (unpaired) electrons. The summed E-state index contributed by atoms with van der Waals surface area (Å²) >= 11 is 0. The van der Waals surface area contributed by atoms with Gasteiger partial charge in [-0.2, -0.15) is 4.31 Å². The molecule has 0 aliphatic carbocycles. The van der Waals surface area contributed by atoms with Crippen LogP contribution in [0.2, 0.25) is 0 Å². The van der Waals surface area contributed by atoms with Crippen LogP contribution in [-0.2, 0) is 16.4 Å². The first-order valence-electron chi connectivity index (χ1n) is 10.6. The summed E-state index contributed by atoms with van der Waals surface area (Å²) in [6.07, 6.45) is 2.28. The van der Waals surface area contributed by atoms with Gasteiger partial charge in [-0.1, -0.05) is 6.92 Å². The highest BCUT2D eigenvalue weighted by molar-refractivity contribution is 7.89. The number of aromatic nitrogens is 2. The fraction of sp³-hybridized carbons (Fsp3) is 0.619. The van der Waals surface area contributed by atoms with Crippen LogP contribution in [0.3, 0.4) is 0 Å². The number of benzene rings is 1. The van der Waals surface area contributed by atoms with Crippen molar-refractivity contribution >= 4 is 10.0 Å². The van der Waals surface area contributed by atoms with E-state index in [-0.39, 0.29) is 11.3 Å². The second kappa shape index (κ2) is 8.28. The van der Waals surface area contributed by atoms with Gasteiger partial charge in [-0.05, 0) is 56.5 Å². The summed E-state index contributed by atoms with van der Waals surface area (Å²) in [6.45, 7) is 7.21. The van der Waals surface area contributed by atoms with E-state index in [1.807, 2.05) is 13.8 Å². The molecule has 164 valence electrons. The summed E-state index contributed by atoms with van der Waals surface area (Å²) in [5, 5.41) is 8.45. The maximum Gasteiger partial charge on any atom is 0.243 e. The van der Waals surface area contributed by atoms with Crippen LogP contribution in [0, 0.1) is 5.41 Å². The summed E-state index contributed by atoms with van der Waals surface area (Å²) in [5.74, 6) is 2.17. The monoisotopic (exact) mass is 434 g/mol. The molecule has 30 heavy (non-hydrogen) atoms. The van der Waals surface area contributed by atoms with Crippen LogP contribution in [0.25, 0.3) is 0 Å². The van der Waals surface area contributed by atoms with Crippen molar-refractivity contribution < 1.29 is 17.6 Å². The third kappa shape index (κ3) is 3.86. The average Bonchev–Trinajstić information content (AvgIpc) is 3.33. The number of hydrogen-bond acceptors (Lipinski definition) is 7. The Balaban J connectivity index is 1.50. The topological polar surface area (TPSA) is 88.8 Å². The Morgan fingerprint density at radius 1 is 1.17 bits per heavy atom. The molecular formula is C21H30N4O4S. The smallest absolute Gasteiger partial charge is 0.243 e. The molecule has 9 heteroatoms. The Morgan fingerprint density at radius 2 is 1.87 bits per heavy atom. The van der Waals surface area contributed by atoms with Crippen molar-refractivity contribution in [2.45, 2.75) is 43.9 Å². The molecule has 1 aromatic carbocycles. The average molecular weight is 435 g/mol. The van der Waals surface area contributed by atoms with E-state index in [9.17, 15) is 8.42 Å². The lowest BCUT2D eigenvalue weighted by Crippen LogP contribution is -2.45. The number of ether oxygens (including phenoxy) is 1. The van der Waals surface area contributed by atoms with Crippen LogP contribution >= 0.6 is 0 Å². The van der Waals surface area contributed by atoms with Crippen molar-refractivity contribution in [3.05, 3.63) is 36.0 Å². The molecule has 0 N–H and O–H groups in total. The van der Waals surface area contributed by atoms with Crippen LogP contribution < -0.4 is 4.74 Å². The van der Waals surface area contributed by atoms with E-state index in [0.717, 1.165) is 32.4 Å². The number of piperidine rings is 1. The molecule has 2 saturated heterocycles. The largest absolute Gasteiger partial charge is 0.494 e. The van der Waals surface area contributed by atoms with Crippen LogP contribution in [-0.4, -0.2) is 67.7 Å². The SMILES string of the molecule is CCOc1ccc(S(=O)(=O)N2CCC3(CC2)CN(C)CC3c2nnc(CC)o2)cc1. The van der Waals surface area contributed by atoms with Gasteiger partial charge in [0.2, 0.25) is 21.8 Å². The van der Waals surface area contributed by atoms with Gasteiger partial charge in [0.15, 0.2) is 0 Å². The fourth-order valence-corrected chi connectivity index (χ4v) is 6.25. The summed E-state index contributed by atoms with van der Waals surface area (Å²) < 4.78 is 39.2. The lowest BCUT2D eigenvalue weighted by molar-refractivity contribution is 0.134. The minimum absolute atomic E-state index is 0.0306. The maximum atomic E-state index is 13.2. The van der Waals surface area contributed by atoms with Crippen molar-refractivity contribution in [3.8, 4) is 5.75 Å². The zero-order chi connectivity index (χ0) is 21.4. The van der Waals surface area contributed by atoms with Crippen molar-refractivity contribution in [3.63, 3.8) is 0 Å². The van der Waals surface area contributed by atoms with Gasteiger partial charge in [0.05, 0.1) is 17.4 Å². The molecular weight excluding hydrogens is 404 g/mol. The van der Waals surface area contributed by atoms with E-state index in [4.69, 9.17) is 9.15 Å². The molecule has 2 aromatic rings. The Morgan fingerprint density at radius 3 is 2.47 bits per heavy atom. The van der Waals surface area contributed by atoms with Gasteiger partial charge in [0, 0.05) is 32.6 Å². The predicted octanol–water partition coefficient (Wildman–Crippen LogP) is 2.53. The number of hydrogen-bond donors (Lipinski definition) is 0. The summed E-state index contributed by atoms with van der Waals surface area (Å²) in [6, 6.07) is 6.68. The molecule has 2 aliphatic rings. The highest BCUT2D eigenvalue weighted by Gasteiger charge is 2.51. The van der Waals surface area contributed by atoms with Gasteiger partial charge in [-0.25, -0.2) is 8.42 Å². The van der Waals surface area contributed by atoms with E-state index < -0.39 is 10.0 Å². The van der Waals surface area contributed by atoms with Crippen LogP contribution in [0.5, 0.6) is 5.75 Å². The standard InChI is InChI=1S/C21H30N4O4S/c1-4-19-22-23-20(29-19)18-14-24(3)15-21(18)10-12-25(13-11-21)30(26,27)17-8-6-16(7-9-17)28-5-2/h6-9,18H,4-5,10-15H2,1-3H3. The van der Waals surface area contributed by atoms with Gasteiger partial charge in [0.1, 0.15) is 5.75 Å². The molecule has 8 nitrogen and oxygen atoms in total. The van der Waals surface area contributed by atoms with Crippen molar-refractivity contribution in [2.75, 3.05) is 39.8 Å². The highest BCUT2D eigenvalue weighted by Crippen LogP contribution is 2.49. The number of nitrogens with zero attached hydrogens (tertiary/aromatic N) is 4. The summed E-state index contributed by atoms with van der Waals surface area (Å²) in [7, 11) is -1.42. The predicted molar refractivity (Wildman–Crippen MR) is 112 cm³/mol. The molecule has 2 fully saturated rings. The zero-order valence-electron chi connectivity index (χ0n) is 17.9. The van der Waals surface area contributed by atoms with Crippen LogP contribution in [0.15, 0.2) is 33.6 Å². The number of likely N-dealkylation sites (tertiary alicyclic amines) is 1. The van der Waals surface area contributed by atoms with Crippen molar-refractivity contribution in [1.82, 2.24) is 19.4 Å². The minimum atomic E-state index is -3.52. The zero-order valence-corrected chi connectivity index (χ0v) is 18.7. The van der Waals surface area contributed by atoms with Gasteiger partial charge in [-0.15, -0.1) is 10.2 Å². The van der Waals surface area contributed by atoms with Crippen molar-refractivity contribution in [2.24, 2.45) is 5.41 Å². The molecule has 2 aliphatic heterocycles. The number of sulfonamides is 1. The summed E-state index contributed by atoms with van der Waals surface area (Å²) in [4.78, 5) is 2.60. The first-order chi connectivity index (χ1) is 14.4. The quantitative estimate of drug-likeness (QED) is 0.690. The minimum Gasteiger partial charge on any atom is -0.494 e. The third-order valence-electron chi connectivity index (χ3n) is 6.39. The summed E-state index contributed by atoms with van der Waals surface area (Å²) in [5.41, 5.74) is -0.0306. The molecule has 4 rings (SSSR count). The Bertz CT molecular complexity index is 965. The number of rotatable bonds is 6. The fourth-order valence-electron chi connectivity index (χ4n) is 4.81. The molecule has 1 atom stereocenters. The van der Waals surface area contributed by atoms with Gasteiger partial charge in [0.25, 0.3) is 0 Å². The second-order valence-corrected chi connectivity index (χ2v) is 10.2.